The Bertz CT molecular complexity index is 1080. The van der Waals surface area contributed by atoms with Crippen molar-refractivity contribution < 1.29 is 32.3 Å². The second-order valence-corrected chi connectivity index (χ2v) is 15.4. The van der Waals surface area contributed by atoms with Crippen LogP contribution >= 0.6 is 0 Å². The molecule has 0 aliphatic carbocycles. The first kappa shape index (κ1) is 24.9. The van der Waals surface area contributed by atoms with Gasteiger partial charge < -0.3 is 9.53 Å². The number of amides is 2. The average Bonchev–Trinajstić information content (AvgIpc) is 3.36. The van der Waals surface area contributed by atoms with Crippen molar-refractivity contribution in [1.29, 1.82) is 5.26 Å². The minimum Gasteiger partial charge on any atom is -0.432 e. The Morgan fingerprint density at radius 1 is 1.26 bits per heavy atom. The monoisotopic (exact) mass is 494 g/mol. The highest BCUT2D eigenvalue weighted by atomic mass is 28.4. The summed E-state index contributed by atoms with van der Waals surface area (Å²) < 4.78 is 46.6. The second kappa shape index (κ2) is 7.90. The van der Waals surface area contributed by atoms with E-state index in [1.807, 2.05) is 26.9 Å². The average molecular weight is 495 g/mol. The number of alkyl halides is 3. The Morgan fingerprint density at radius 2 is 1.94 bits per heavy atom. The molecule has 2 bridgehead atoms. The Hall–Kier alpha value is -2.22. The number of benzene rings is 1. The van der Waals surface area contributed by atoms with Gasteiger partial charge in [-0.15, -0.1) is 0 Å². The summed E-state index contributed by atoms with van der Waals surface area (Å²) >= 11 is 0. The fraction of sp³-hybridized carbons (Fsp3) is 0.625. The van der Waals surface area contributed by atoms with Gasteiger partial charge in [0, 0.05) is 0 Å². The van der Waals surface area contributed by atoms with Gasteiger partial charge in [-0.2, -0.15) is 18.4 Å². The standard InChI is InChI=1S/C24H29F3N2O4Si/c1-22(2,34(3,4)32)9-5-10-23-11-8-17(33-23)18-19(23)21(31)29(20(18)30)15-7-6-14(13-28)16(12-15)24(25,26)27/h6-7,12,17-19,32H,5,8-11H2,1-4H3/t17-,18-,19+,23+/m1/s1. The minimum absolute atomic E-state index is 0.167. The van der Waals surface area contributed by atoms with Gasteiger partial charge in [0.2, 0.25) is 11.8 Å². The number of fused-ring (bicyclic) bond motifs is 5. The van der Waals surface area contributed by atoms with Gasteiger partial charge in [-0.1, -0.05) is 20.3 Å². The molecule has 3 fully saturated rings. The first-order valence-corrected chi connectivity index (χ1v) is 14.5. The fourth-order valence-corrected chi connectivity index (χ4v) is 6.43. The third-order valence-electron chi connectivity index (χ3n) is 8.30. The normalized spacial score (nSPS) is 29.0. The van der Waals surface area contributed by atoms with Crippen LogP contribution in [0.3, 0.4) is 0 Å². The number of hydrogen-bond acceptors (Lipinski definition) is 5. The van der Waals surface area contributed by atoms with E-state index in [0.717, 1.165) is 17.4 Å². The van der Waals surface area contributed by atoms with Gasteiger partial charge >= 0.3 is 6.18 Å². The van der Waals surface area contributed by atoms with Gasteiger partial charge in [-0.25, -0.2) is 4.90 Å². The number of halogens is 3. The summed E-state index contributed by atoms with van der Waals surface area (Å²) in [7, 11) is -2.41. The minimum atomic E-state index is -4.79. The molecular weight excluding hydrogens is 465 g/mol. The smallest absolute Gasteiger partial charge is 0.417 e. The SMILES string of the molecule is CC(C)(CCC[C@@]12CC[C@@H](O1)[C@H]1C(=O)N(c3ccc(C#N)c(C(F)(F)F)c3)C(=O)[C@H]12)[Si](C)(C)O. The van der Waals surface area contributed by atoms with Crippen molar-refractivity contribution in [1.82, 2.24) is 0 Å². The lowest BCUT2D eigenvalue weighted by Gasteiger charge is -2.37. The number of ether oxygens (including phenoxy) is 1. The fourth-order valence-electron chi connectivity index (χ4n) is 5.64. The summed E-state index contributed by atoms with van der Waals surface area (Å²) in [4.78, 5) is 38.2. The molecule has 1 aromatic rings. The highest BCUT2D eigenvalue weighted by Gasteiger charge is 2.69. The second-order valence-electron chi connectivity index (χ2n) is 10.9. The molecule has 0 radical (unpaired) electrons. The molecule has 0 spiro atoms. The van der Waals surface area contributed by atoms with Crippen molar-refractivity contribution in [2.75, 3.05) is 4.90 Å². The Balaban J connectivity index is 1.61. The largest absolute Gasteiger partial charge is 0.432 e. The zero-order valence-electron chi connectivity index (χ0n) is 19.7. The molecule has 3 saturated heterocycles. The van der Waals surface area contributed by atoms with Crippen LogP contribution in [0.15, 0.2) is 18.2 Å². The van der Waals surface area contributed by atoms with Crippen LogP contribution in [-0.2, 0) is 20.5 Å². The van der Waals surface area contributed by atoms with Crippen LogP contribution in [0.2, 0.25) is 18.1 Å². The Kier molecular flexibility index (Phi) is 5.78. The molecular formula is C24H29F3N2O4Si. The molecule has 34 heavy (non-hydrogen) atoms. The van der Waals surface area contributed by atoms with E-state index in [1.165, 1.54) is 12.1 Å². The number of nitriles is 1. The van der Waals surface area contributed by atoms with Crippen LogP contribution in [-0.4, -0.2) is 36.6 Å². The summed E-state index contributed by atoms with van der Waals surface area (Å²) in [5.74, 6) is -2.51. The van der Waals surface area contributed by atoms with Crippen LogP contribution in [0.4, 0.5) is 18.9 Å². The van der Waals surface area contributed by atoms with Gasteiger partial charge in [0.15, 0.2) is 8.32 Å². The molecule has 10 heteroatoms. The highest BCUT2D eigenvalue weighted by Crippen LogP contribution is 2.58. The van der Waals surface area contributed by atoms with Crippen LogP contribution in [0.25, 0.3) is 0 Å². The van der Waals surface area contributed by atoms with Crippen LogP contribution in [0.1, 0.15) is 57.1 Å². The summed E-state index contributed by atoms with van der Waals surface area (Å²) in [6.07, 6.45) is -1.98. The molecule has 4 rings (SSSR count). The number of hydrogen-bond donors (Lipinski definition) is 1. The predicted octanol–water partition coefficient (Wildman–Crippen LogP) is 4.76. The van der Waals surface area contributed by atoms with E-state index < -0.39 is 61.0 Å². The Labute approximate surface area is 197 Å². The lowest BCUT2D eigenvalue weighted by Crippen LogP contribution is -2.43. The van der Waals surface area contributed by atoms with Crippen molar-refractivity contribution in [2.45, 2.75) is 82.0 Å². The number of rotatable bonds is 6. The number of anilines is 1. The van der Waals surface area contributed by atoms with E-state index in [4.69, 9.17) is 10.00 Å². The first-order valence-electron chi connectivity index (χ1n) is 11.5. The van der Waals surface area contributed by atoms with Gasteiger partial charge in [0.05, 0.1) is 46.4 Å². The van der Waals surface area contributed by atoms with Crippen molar-refractivity contribution in [3.05, 3.63) is 29.3 Å². The van der Waals surface area contributed by atoms with Gasteiger partial charge in [-0.3, -0.25) is 9.59 Å². The first-order chi connectivity index (χ1) is 15.6. The number of carbonyl (C=O) groups is 2. The summed E-state index contributed by atoms with van der Waals surface area (Å²) in [5, 5.41) is 8.81. The maximum Gasteiger partial charge on any atom is 0.417 e. The zero-order valence-corrected chi connectivity index (χ0v) is 20.7. The van der Waals surface area contributed by atoms with Crippen LogP contribution < -0.4 is 4.90 Å². The van der Waals surface area contributed by atoms with E-state index in [9.17, 15) is 27.6 Å². The molecule has 184 valence electrons. The predicted molar refractivity (Wildman–Crippen MR) is 120 cm³/mol. The number of imide groups is 1. The van der Waals surface area contributed by atoms with E-state index in [1.54, 1.807) is 0 Å². The van der Waals surface area contributed by atoms with Crippen molar-refractivity contribution in [3.63, 3.8) is 0 Å². The summed E-state index contributed by atoms with van der Waals surface area (Å²) in [6, 6.07) is 4.44. The molecule has 3 aliphatic heterocycles. The topological polar surface area (TPSA) is 90.6 Å². The van der Waals surface area contributed by atoms with Crippen molar-refractivity contribution in [3.8, 4) is 6.07 Å². The summed E-state index contributed by atoms with van der Waals surface area (Å²) in [6.45, 7) is 7.84. The maximum absolute atomic E-state index is 13.5. The molecule has 3 aliphatic rings. The van der Waals surface area contributed by atoms with E-state index in [-0.39, 0.29) is 10.7 Å². The summed E-state index contributed by atoms with van der Waals surface area (Å²) in [5.41, 5.74) is -2.71. The number of carbonyl (C=O) groups excluding carboxylic acids is 2. The van der Waals surface area contributed by atoms with E-state index in [0.29, 0.717) is 31.7 Å². The lowest BCUT2D eigenvalue weighted by molar-refractivity contribution is -0.138. The third kappa shape index (κ3) is 3.78. The van der Waals surface area contributed by atoms with E-state index >= 15 is 0 Å². The van der Waals surface area contributed by atoms with Crippen molar-refractivity contribution in [2.24, 2.45) is 11.8 Å². The van der Waals surface area contributed by atoms with Crippen LogP contribution in [0, 0.1) is 23.2 Å². The molecule has 3 heterocycles. The van der Waals surface area contributed by atoms with Crippen molar-refractivity contribution >= 4 is 25.8 Å². The molecule has 6 nitrogen and oxygen atoms in total. The molecule has 0 unspecified atom stereocenters. The molecule has 1 N–H and O–H groups in total. The quantitative estimate of drug-likeness (QED) is 0.455. The van der Waals surface area contributed by atoms with Gasteiger partial charge in [0.1, 0.15) is 0 Å². The molecule has 0 aromatic heterocycles. The molecule has 4 atom stereocenters. The Morgan fingerprint density at radius 3 is 2.53 bits per heavy atom. The molecule has 0 saturated carbocycles. The third-order valence-corrected chi connectivity index (χ3v) is 11.9. The van der Waals surface area contributed by atoms with Crippen LogP contribution in [0.5, 0.6) is 0 Å². The maximum atomic E-state index is 13.5. The molecule has 1 aromatic carbocycles. The molecule has 2 amide bonds. The highest BCUT2D eigenvalue weighted by molar-refractivity contribution is 6.72. The van der Waals surface area contributed by atoms with E-state index in [2.05, 4.69) is 0 Å². The lowest BCUT2D eigenvalue weighted by atomic mass is 9.71. The van der Waals surface area contributed by atoms with Gasteiger partial charge in [0.25, 0.3) is 0 Å². The zero-order chi connectivity index (χ0) is 25.3. The number of nitrogens with zero attached hydrogens (tertiary/aromatic N) is 2. The van der Waals surface area contributed by atoms with Gasteiger partial charge in [-0.05, 0) is 62.0 Å².